The van der Waals surface area contributed by atoms with E-state index >= 15 is 0 Å². The highest BCUT2D eigenvalue weighted by Crippen LogP contribution is 2.23. The van der Waals surface area contributed by atoms with Crippen LogP contribution < -0.4 is 10.3 Å². The molecule has 4 rings (SSSR count). The van der Waals surface area contributed by atoms with Crippen LogP contribution in [0.15, 0.2) is 82.7 Å². The number of nitrogens with zero attached hydrogens (tertiary/aromatic N) is 2. The Morgan fingerprint density at radius 3 is 2.47 bits per heavy atom. The maximum atomic E-state index is 13.6. The van der Waals surface area contributed by atoms with Crippen LogP contribution in [0, 0.1) is 0 Å². The number of H-pyrrole nitrogens is 1. The molecule has 2 aromatic carbocycles. The molecule has 8 nitrogen and oxygen atoms in total. The minimum absolute atomic E-state index is 0.0186. The van der Waals surface area contributed by atoms with Gasteiger partial charge in [-0.2, -0.15) is 4.31 Å². The van der Waals surface area contributed by atoms with E-state index in [0.717, 1.165) is 5.39 Å². The quantitative estimate of drug-likeness (QED) is 0.389. The van der Waals surface area contributed by atoms with Crippen LogP contribution in [0.5, 0.6) is 5.75 Å². The van der Waals surface area contributed by atoms with Crippen molar-refractivity contribution < 1.29 is 17.9 Å². The van der Waals surface area contributed by atoms with E-state index in [0.29, 0.717) is 28.0 Å². The van der Waals surface area contributed by atoms with E-state index < -0.39 is 10.0 Å². The second-order valence-electron chi connectivity index (χ2n) is 7.79. The van der Waals surface area contributed by atoms with E-state index in [-0.39, 0.29) is 29.3 Å². The Hall–Kier alpha value is -3.82. The zero-order valence-corrected chi connectivity index (χ0v) is 19.5. The summed E-state index contributed by atoms with van der Waals surface area (Å²) in [5, 5.41) is 0.750. The average Bonchev–Trinajstić information content (AvgIpc) is 2.84. The molecule has 2 heterocycles. The third kappa shape index (κ3) is 4.90. The number of hydrogen-bond acceptors (Lipinski definition) is 6. The smallest absolute Gasteiger partial charge is 0.252 e. The topological polar surface area (TPSA) is 109 Å². The van der Waals surface area contributed by atoms with Crippen LogP contribution in [0.3, 0.4) is 0 Å². The van der Waals surface area contributed by atoms with Crippen LogP contribution in [0.25, 0.3) is 10.9 Å². The highest BCUT2D eigenvalue weighted by molar-refractivity contribution is 7.89. The number of ether oxygens (including phenoxy) is 1. The van der Waals surface area contributed by atoms with Crippen molar-refractivity contribution in [1.29, 1.82) is 0 Å². The molecule has 9 heteroatoms. The summed E-state index contributed by atoms with van der Waals surface area (Å²) in [6, 6.07) is 16.2. The largest absolute Gasteiger partial charge is 0.497 e. The summed E-state index contributed by atoms with van der Waals surface area (Å²) >= 11 is 0. The molecule has 2 aromatic heterocycles. The Morgan fingerprint density at radius 2 is 1.82 bits per heavy atom. The highest BCUT2D eigenvalue weighted by atomic mass is 32.2. The molecule has 0 aliphatic rings. The first-order valence-corrected chi connectivity index (χ1v) is 11.9. The van der Waals surface area contributed by atoms with Crippen LogP contribution in [0.1, 0.15) is 28.4 Å². The van der Waals surface area contributed by atoms with E-state index in [4.69, 9.17) is 4.74 Å². The number of nitrogens with one attached hydrogen (secondary N) is 1. The predicted molar refractivity (Wildman–Crippen MR) is 128 cm³/mol. The number of fused-ring (bicyclic) bond motifs is 1. The molecule has 0 unspecified atom stereocenters. The van der Waals surface area contributed by atoms with Crippen molar-refractivity contribution in [3.8, 4) is 5.75 Å². The summed E-state index contributed by atoms with van der Waals surface area (Å²) in [5.74, 6) is 0.446. The lowest BCUT2D eigenvalue weighted by atomic mass is 10.1. The number of methoxy groups -OCH3 is 1. The third-order valence-corrected chi connectivity index (χ3v) is 7.26. The number of benzene rings is 2. The molecule has 0 atom stereocenters. The number of pyridine rings is 2. The molecule has 0 aliphatic heterocycles. The molecule has 0 radical (unpaired) electrons. The van der Waals surface area contributed by atoms with Gasteiger partial charge in [0, 0.05) is 42.7 Å². The zero-order valence-electron chi connectivity index (χ0n) is 18.7. The van der Waals surface area contributed by atoms with Gasteiger partial charge < -0.3 is 9.72 Å². The fourth-order valence-corrected chi connectivity index (χ4v) is 5.00. The summed E-state index contributed by atoms with van der Waals surface area (Å²) in [5.41, 5.74) is 1.59. The average molecular weight is 478 g/mol. The highest BCUT2D eigenvalue weighted by Gasteiger charge is 2.26. The van der Waals surface area contributed by atoms with Crippen molar-refractivity contribution in [2.24, 2.45) is 0 Å². The Balaban J connectivity index is 1.75. The summed E-state index contributed by atoms with van der Waals surface area (Å²) < 4.78 is 33.6. The number of aromatic amines is 1. The van der Waals surface area contributed by atoms with Gasteiger partial charge in [0.25, 0.3) is 5.56 Å². The number of aromatic nitrogens is 2. The van der Waals surface area contributed by atoms with Crippen molar-refractivity contribution in [3.63, 3.8) is 0 Å². The molecule has 34 heavy (non-hydrogen) atoms. The maximum absolute atomic E-state index is 13.6. The first-order valence-electron chi connectivity index (χ1n) is 10.5. The summed E-state index contributed by atoms with van der Waals surface area (Å²) in [4.78, 5) is 31.3. The zero-order chi connectivity index (χ0) is 24.3. The van der Waals surface area contributed by atoms with Gasteiger partial charge in [0.05, 0.1) is 17.5 Å². The second-order valence-corrected chi connectivity index (χ2v) is 9.73. The van der Waals surface area contributed by atoms with Gasteiger partial charge in [0.15, 0.2) is 5.78 Å². The molecule has 0 saturated carbocycles. The second kappa shape index (κ2) is 9.58. The fraction of sp³-hybridized carbons (Fsp3) is 0.160. The van der Waals surface area contributed by atoms with Crippen LogP contribution in [0.4, 0.5) is 0 Å². The number of Topliss-reactive ketones (excluding diaryl/α,β-unsaturated/α-hetero) is 1. The molecular formula is C25H23N3O5S. The van der Waals surface area contributed by atoms with Crippen LogP contribution in [-0.2, 0) is 23.1 Å². The monoisotopic (exact) mass is 477 g/mol. The fourth-order valence-electron chi connectivity index (χ4n) is 3.59. The molecule has 0 saturated heterocycles. The molecule has 0 fully saturated rings. The third-order valence-electron chi connectivity index (χ3n) is 5.46. The molecule has 174 valence electrons. The van der Waals surface area contributed by atoms with Crippen LogP contribution >= 0.6 is 0 Å². The van der Waals surface area contributed by atoms with Gasteiger partial charge in [0.1, 0.15) is 5.75 Å². The number of ketones is 1. The van der Waals surface area contributed by atoms with Crippen molar-refractivity contribution in [2.45, 2.75) is 24.9 Å². The standard InChI is InChI=1S/C25H23N3O5S/c1-17(29)19-6-9-23(10-7-19)34(31,32)28(15-18-4-3-11-26-14-18)16-21-12-20-5-8-22(33-2)13-24(20)27-25(21)30/h3-14H,15-16H2,1-2H3,(H,27,30). The molecule has 1 N–H and O–H groups in total. The Bertz CT molecular complexity index is 1500. The number of hydrogen-bond donors (Lipinski definition) is 1. The normalized spacial score (nSPS) is 11.6. The molecule has 0 bridgehead atoms. The van der Waals surface area contributed by atoms with Gasteiger partial charge in [-0.25, -0.2) is 8.42 Å². The van der Waals surface area contributed by atoms with Gasteiger partial charge in [-0.05, 0) is 54.3 Å². The lowest BCUT2D eigenvalue weighted by Gasteiger charge is -2.22. The van der Waals surface area contributed by atoms with Crippen molar-refractivity contribution in [2.75, 3.05) is 7.11 Å². The number of carbonyl (C=O) groups excluding carboxylic acids is 1. The van der Waals surface area contributed by atoms with Crippen molar-refractivity contribution in [1.82, 2.24) is 14.3 Å². The van der Waals surface area contributed by atoms with Gasteiger partial charge in [-0.1, -0.05) is 18.2 Å². The molecular weight excluding hydrogens is 454 g/mol. The first-order chi connectivity index (χ1) is 16.3. The van der Waals surface area contributed by atoms with Gasteiger partial charge in [0.2, 0.25) is 10.0 Å². The number of rotatable bonds is 8. The minimum Gasteiger partial charge on any atom is -0.497 e. The Labute approximate surface area is 196 Å². The first kappa shape index (κ1) is 23.3. The number of carbonyl (C=O) groups is 1. The number of sulfonamides is 1. The summed E-state index contributed by atoms with van der Waals surface area (Å²) in [7, 11) is -2.46. The van der Waals surface area contributed by atoms with Crippen molar-refractivity contribution >= 4 is 26.7 Å². The molecule has 4 aromatic rings. The maximum Gasteiger partial charge on any atom is 0.252 e. The summed E-state index contributed by atoms with van der Waals surface area (Å²) in [6.07, 6.45) is 3.18. The Kier molecular flexibility index (Phi) is 6.58. The molecule has 0 spiro atoms. The predicted octanol–water partition coefficient (Wildman–Crippen LogP) is 3.53. The molecule has 0 aliphatic carbocycles. The van der Waals surface area contributed by atoms with Crippen molar-refractivity contribution in [3.05, 3.63) is 100 Å². The van der Waals surface area contributed by atoms with Gasteiger partial charge in [-0.3, -0.25) is 14.6 Å². The van der Waals surface area contributed by atoms with Gasteiger partial charge in [-0.15, -0.1) is 0 Å². The molecule has 0 amide bonds. The van der Waals surface area contributed by atoms with E-state index in [1.165, 1.54) is 42.6 Å². The van der Waals surface area contributed by atoms with Crippen LogP contribution in [0.2, 0.25) is 0 Å². The lowest BCUT2D eigenvalue weighted by Crippen LogP contribution is -2.32. The van der Waals surface area contributed by atoms with E-state index in [2.05, 4.69) is 9.97 Å². The minimum atomic E-state index is -4.00. The van der Waals surface area contributed by atoms with Crippen LogP contribution in [-0.4, -0.2) is 35.6 Å². The van der Waals surface area contributed by atoms with E-state index in [1.54, 1.807) is 48.8 Å². The van der Waals surface area contributed by atoms with Gasteiger partial charge >= 0.3 is 0 Å². The summed E-state index contributed by atoms with van der Waals surface area (Å²) in [6.45, 7) is 1.29. The van der Waals surface area contributed by atoms with E-state index in [1.807, 2.05) is 0 Å². The SMILES string of the molecule is COc1ccc2cc(CN(Cc3cccnc3)S(=O)(=O)c3ccc(C(C)=O)cc3)c(=O)[nH]c2c1. The lowest BCUT2D eigenvalue weighted by molar-refractivity contribution is 0.101. The Morgan fingerprint density at radius 1 is 1.06 bits per heavy atom. The van der Waals surface area contributed by atoms with E-state index in [9.17, 15) is 18.0 Å².